The molecular weight excluding hydrogens is 382 g/mol. The molecule has 0 saturated heterocycles. The summed E-state index contributed by atoms with van der Waals surface area (Å²) >= 11 is 0. The fourth-order valence-corrected chi connectivity index (χ4v) is 3.05. The fraction of sp³-hybridized carbons (Fsp3) is 0.333. The summed E-state index contributed by atoms with van der Waals surface area (Å²) in [5.41, 5.74) is 0.578. The zero-order valence-electron chi connectivity index (χ0n) is 16.0. The van der Waals surface area contributed by atoms with Crippen LogP contribution in [0.5, 0.6) is 11.5 Å². The first-order chi connectivity index (χ1) is 14.0. The fourth-order valence-electron chi connectivity index (χ4n) is 3.05. The van der Waals surface area contributed by atoms with Gasteiger partial charge in [0.05, 0.1) is 5.56 Å². The maximum atomic E-state index is 13.7. The van der Waals surface area contributed by atoms with Gasteiger partial charge in [0.2, 0.25) is 5.91 Å². The van der Waals surface area contributed by atoms with Crippen LogP contribution < -0.4 is 14.8 Å². The van der Waals surface area contributed by atoms with Crippen molar-refractivity contribution in [3.63, 3.8) is 0 Å². The molecule has 2 amide bonds. The lowest BCUT2D eigenvalue weighted by Crippen LogP contribution is -2.34. The van der Waals surface area contributed by atoms with E-state index in [4.69, 9.17) is 9.47 Å². The Morgan fingerprint density at radius 1 is 1.14 bits per heavy atom. The maximum Gasteiger partial charge on any atom is 0.254 e. The first kappa shape index (κ1) is 20.6. The molecule has 1 aliphatic heterocycles. The molecule has 0 aromatic heterocycles. The van der Waals surface area contributed by atoms with Crippen LogP contribution in [0.3, 0.4) is 0 Å². The lowest BCUT2D eigenvalue weighted by molar-refractivity contribution is -0.131. The van der Waals surface area contributed by atoms with Gasteiger partial charge in [-0.2, -0.15) is 0 Å². The molecule has 0 radical (unpaired) electrons. The average Bonchev–Trinajstić information content (AvgIpc) is 2.71. The summed E-state index contributed by atoms with van der Waals surface area (Å²) in [6, 6.07) is 8.27. The Balaban J connectivity index is 1.56. The van der Waals surface area contributed by atoms with Crippen LogP contribution in [0.15, 0.2) is 36.4 Å². The van der Waals surface area contributed by atoms with Crippen molar-refractivity contribution in [2.75, 3.05) is 26.3 Å². The topological polar surface area (TPSA) is 67.9 Å². The maximum absolute atomic E-state index is 13.7. The number of para-hydroxylation sites is 1. The normalized spacial score (nSPS) is 12.4. The Bertz CT molecular complexity index is 904. The SMILES string of the molecule is CCN(Cc1cccc2c1OCCO2)C(=O)CCNC(=O)c1ccc(F)cc1F. The summed E-state index contributed by atoms with van der Waals surface area (Å²) in [5.74, 6) is -1.26. The average molecular weight is 404 g/mol. The Morgan fingerprint density at radius 3 is 2.69 bits per heavy atom. The van der Waals surface area contributed by atoms with Gasteiger partial charge in [0.25, 0.3) is 5.91 Å². The molecule has 6 nitrogen and oxygen atoms in total. The smallest absolute Gasteiger partial charge is 0.254 e. The zero-order valence-corrected chi connectivity index (χ0v) is 16.0. The van der Waals surface area contributed by atoms with E-state index in [2.05, 4.69) is 5.32 Å². The molecule has 0 unspecified atom stereocenters. The molecule has 0 atom stereocenters. The number of rotatable bonds is 7. The monoisotopic (exact) mass is 404 g/mol. The van der Waals surface area contributed by atoms with E-state index < -0.39 is 17.5 Å². The molecule has 2 aromatic carbocycles. The summed E-state index contributed by atoms with van der Waals surface area (Å²) in [6.45, 7) is 3.66. The molecule has 29 heavy (non-hydrogen) atoms. The molecular formula is C21H22F2N2O4. The molecule has 1 aliphatic rings. The van der Waals surface area contributed by atoms with Crippen molar-refractivity contribution < 1.29 is 27.8 Å². The first-order valence-electron chi connectivity index (χ1n) is 9.38. The highest BCUT2D eigenvalue weighted by Gasteiger charge is 2.20. The predicted octanol–water partition coefficient (Wildman–Crippen LogP) is 2.90. The summed E-state index contributed by atoms with van der Waals surface area (Å²) in [4.78, 5) is 26.2. The van der Waals surface area contributed by atoms with Crippen LogP contribution in [0.25, 0.3) is 0 Å². The van der Waals surface area contributed by atoms with Crippen LogP contribution in [0.1, 0.15) is 29.3 Å². The number of fused-ring (bicyclic) bond motifs is 1. The third-order valence-corrected chi connectivity index (χ3v) is 4.54. The molecule has 0 saturated carbocycles. The van der Waals surface area contributed by atoms with E-state index in [9.17, 15) is 18.4 Å². The lowest BCUT2D eigenvalue weighted by atomic mass is 10.1. The van der Waals surface area contributed by atoms with Crippen LogP contribution >= 0.6 is 0 Å². The van der Waals surface area contributed by atoms with Crippen molar-refractivity contribution in [2.45, 2.75) is 19.9 Å². The van der Waals surface area contributed by atoms with Crippen LogP contribution in [-0.4, -0.2) is 43.0 Å². The summed E-state index contributed by atoms with van der Waals surface area (Å²) < 4.78 is 37.8. The van der Waals surface area contributed by atoms with Gasteiger partial charge in [-0.15, -0.1) is 0 Å². The number of nitrogens with one attached hydrogen (secondary N) is 1. The molecule has 0 bridgehead atoms. The van der Waals surface area contributed by atoms with Crippen molar-refractivity contribution in [3.8, 4) is 11.5 Å². The van der Waals surface area contributed by atoms with Gasteiger partial charge in [0.1, 0.15) is 24.8 Å². The van der Waals surface area contributed by atoms with E-state index in [1.54, 1.807) is 4.90 Å². The number of amides is 2. The number of nitrogens with zero attached hydrogens (tertiary/aromatic N) is 1. The van der Waals surface area contributed by atoms with E-state index in [-0.39, 0.29) is 24.4 Å². The molecule has 1 N–H and O–H groups in total. The van der Waals surface area contributed by atoms with Crippen molar-refractivity contribution in [1.29, 1.82) is 0 Å². The van der Waals surface area contributed by atoms with Crippen LogP contribution in [0.2, 0.25) is 0 Å². The Kier molecular flexibility index (Phi) is 6.64. The van der Waals surface area contributed by atoms with Gasteiger partial charge >= 0.3 is 0 Å². The highest BCUT2D eigenvalue weighted by atomic mass is 19.1. The molecule has 0 spiro atoms. The molecule has 2 aromatic rings. The van der Waals surface area contributed by atoms with E-state index in [1.165, 1.54) is 0 Å². The zero-order chi connectivity index (χ0) is 20.8. The van der Waals surface area contributed by atoms with Crippen LogP contribution in [-0.2, 0) is 11.3 Å². The Hall–Kier alpha value is -3.16. The minimum atomic E-state index is -0.944. The molecule has 1 heterocycles. The quantitative estimate of drug-likeness (QED) is 0.771. The second-order valence-corrected chi connectivity index (χ2v) is 6.48. The van der Waals surface area contributed by atoms with E-state index in [1.807, 2.05) is 25.1 Å². The molecule has 0 fully saturated rings. The lowest BCUT2D eigenvalue weighted by Gasteiger charge is -2.25. The van der Waals surface area contributed by atoms with Crippen molar-refractivity contribution in [3.05, 3.63) is 59.2 Å². The highest BCUT2D eigenvalue weighted by molar-refractivity contribution is 5.94. The molecule has 0 aliphatic carbocycles. The van der Waals surface area contributed by atoms with Crippen LogP contribution in [0, 0.1) is 11.6 Å². The number of benzene rings is 2. The van der Waals surface area contributed by atoms with Gasteiger partial charge in [-0.05, 0) is 25.1 Å². The van der Waals surface area contributed by atoms with Gasteiger partial charge < -0.3 is 19.7 Å². The summed E-state index contributed by atoms with van der Waals surface area (Å²) in [5, 5.41) is 2.49. The standard InChI is InChI=1S/C21H22F2N2O4/c1-2-25(13-14-4-3-5-18-20(14)29-11-10-28-18)19(26)8-9-24-21(27)16-7-6-15(22)12-17(16)23/h3-7,12H,2,8-11,13H2,1H3,(H,24,27). The first-order valence-corrected chi connectivity index (χ1v) is 9.38. The van der Waals surface area contributed by atoms with Crippen molar-refractivity contribution >= 4 is 11.8 Å². The van der Waals surface area contributed by atoms with E-state index in [0.29, 0.717) is 43.9 Å². The summed E-state index contributed by atoms with van der Waals surface area (Å²) in [7, 11) is 0. The number of ether oxygens (including phenoxy) is 2. The third kappa shape index (κ3) is 5.01. The second kappa shape index (κ2) is 9.36. The molecule has 3 rings (SSSR count). The largest absolute Gasteiger partial charge is 0.486 e. The number of hydrogen-bond donors (Lipinski definition) is 1. The molecule has 8 heteroatoms. The second-order valence-electron chi connectivity index (χ2n) is 6.48. The van der Waals surface area contributed by atoms with Crippen molar-refractivity contribution in [2.24, 2.45) is 0 Å². The number of hydrogen-bond acceptors (Lipinski definition) is 4. The van der Waals surface area contributed by atoms with Crippen molar-refractivity contribution in [1.82, 2.24) is 10.2 Å². The van der Waals surface area contributed by atoms with E-state index in [0.717, 1.165) is 17.7 Å². The predicted molar refractivity (Wildman–Crippen MR) is 102 cm³/mol. The minimum Gasteiger partial charge on any atom is -0.486 e. The Labute approximate surface area is 167 Å². The minimum absolute atomic E-state index is 0.0392. The van der Waals surface area contributed by atoms with Gasteiger partial charge in [-0.25, -0.2) is 8.78 Å². The number of halogens is 2. The third-order valence-electron chi connectivity index (χ3n) is 4.54. The van der Waals surface area contributed by atoms with Gasteiger partial charge in [-0.1, -0.05) is 12.1 Å². The van der Waals surface area contributed by atoms with Crippen LogP contribution in [0.4, 0.5) is 8.78 Å². The molecule has 154 valence electrons. The van der Waals surface area contributed by atoms with Gasteiger partial charge in [0.15, 0.2) is 11.5 Å². The number of carbonyl (C=O) groups is 2. The van der Waals surface area contributed by atoms with E-state index >= 15 is 0 Å². The summed E-state index contributed by atoms with van der Waals surface area (Å²) in [6.07, 6.45) is 0.0504. The highest BCUT2D eigenvalue weighted by Crippen LogP contribution is 2.34. The Morgan fingerprint density at radius 2 is 1.93 bits per heavy atom. The van der Waals surface area contributed by atoms with Gasteiger partial charge in [0, 0.05) is 37.7 Å². The number of carbonyl (C=O) groups excluding carboxylic acids is 2. The van der Waals surface area contributed by atoms with Gasteiger partial charge in [-0.3, -0.25) is 9.59 Å².